The number of aromatic nitrogens is 14. The second kappa shape index (κ2) is 24.9. The lowest BCUT2D eigenvalue weighted by molar-refractivity contribution is -0.127. The average Bonchev–Trinajstić information content (AvgIpc) is 4.30. The van der Waals surface area contributed by atoms with Crippen LogP contribution in [0.3, 0.4) is 0 Å². The fourth-order valence-corrected chi connectivity index (χ4v) is 10.3. The van der Waals surface area contributed by atoms with Crippen LogP contribution in [0.2, 0.25) is 0 Å². The van der Waals surface area contributed by atoms with E-state index >= 15 is 0 Å². The Kier molecular flexibility index (Phi) is 17.1. The van der Waals surface area contributed by atoms with Crippen LogP contribution >= 0.6 is 35.3 Å². The van der Waals surface area contributed by atoms with E-state index in [0.29, 0.717) is 35.8 Å². The average molecular weight is 1070 g/mol. The SMILES string of the molecule is C=CCC(=O)Nc1cccc(CSc2ncnc3[nH]ncc23)c1.CN1CC(C(=O)Nc2cccc(CSc3ncnc4[nH]ncc34)c2)CC1=O.Cc1cc(C(=O)Nc2cccc(CSc3ncnc4[nH]ncc34)c2)n[nH]1. The van der Waals surface area contributed by atoms with Crippen molar-refractivity contribution in [1.29, 1.82) is 0 Å². The van der Waals surface area contributed by atoms with E-state index in [4.69, 9.17) is 0 Å². The number of anilines is 3. The Morgan fingerprint density at radius 1 is 0.645 bits per heavy atom. The molecule has 0 bridgehead atoms. The molecule has 25 heteroatoms. The number of carbonyl (C=O) groups excluding carboxylic acids is 4. The van der Waals surface area contributed by atoms with Crippen molar-refractivity contribution in [3.63, 3.8) is 0 Å². The number of aromatic amines is 4. The molecule has 7 aromatic heterocycles. The summed E-state index contributed by atoms with van der Waals surface area (Å²) in [6, 6.07) is 24.9. The minimum atomic E-state index is -0.295. The van der Waals surface area contributed by atoms with Gasteiger partial charge in [0.15, 0.2) is 22.6 Å². The predicted octanol–water partition coefficient (Wildman–Crippen LogP) is 8.15. The van der Waals surface area contributed by atoms with Crippen molar-refractivity contribution in [2.24, 2.45) is 5.92 Å². The summed E-state index contributed by atoms with van der Waals surface area (Å²) >= 11 is 4.79. The molecule has 1 atom stereocenters. The summed E-state index contributed by atoms with van der Waals surface area (Å²) in [5.41, 5.74) is 8.85. The Balaban J connectivity index is 0.000000140. The number of amides is 4. The number of hydrogen-bond donors (Lipinski definition) is 7. The van der Waals surface area contributed by atoms with E-state index in [-0.39, 0.29) is 36.0 Å². The van der Waals surface area contributed by atoms with Gasteiger partial charge in [-0.05, 0) is 66.1 Å². The molecule has 0 saturated carbocycles. The number of thioether (sulfide) groups is 3. The second-order valence-corrected chi connectivity index (χ2v) is 19.9. The van der Waals surface area contributed by atoms with E-state index in [9.17, 15) is 19.2 Å². The standard InChI is InChI=1S/C18H18N6O2S.C17H15N7OS.C16H15N5OS/c1-24-8-12(6-15(24)25)17(26)22-13-4-2-3-11(5-13)9-27-18-14-7-21-23-16(14)19-10-20-18;1-10-5-14(23-22-10)16(25)21-12-4-2-3-11(6-12)8-26-17-13-7-20-24-15(13)18-9-19-17;1-2-4-14(22)20-12-6-3-5-11(7-12)9-23-16-13-8-19-21-15(13)17-10-18-16/h2-5,7,10,12H,6,8-9H2,1H3,(H,22,26)(H,19,20,21,23);2-7,9H,8H2,1H3,(H,21,25)(H,22,23)(H,18,19,20,24);2-3,5-8,10H,1,4,9H2,(H,20,22)(H,17,18,19,21). The molecule has 10 aromatic rings. The first kappa shape index (κ1) is 52.1. The molecular weight excluding hydrogens is 1020 g/mol. The first-order valence-corrected chi connectivity index (χ1v) is 26.4. The van der Waals surface area contributed by atoms with Crippen molar-refractivity contribution in [2.45, 2.75) is 52.1 Å². The number of nitrogens with one attached hydrogen (secondary N) is 7. The quantitative estimate of drug-likeness (QED) is 0.0273. The van der Waals surface area contributed by atoms with Crippen molar-refractivity contribution in [1.82, 2.24) is 75.6 Å². The highest BCUT2D eigenvalue weighted by atomic mass is 32.2. The van der Waals surface area contributed by atoms with Crippen LogP contribution in [-0.2, 0) is 31.6 Å². The van der Waals surface area contributed by atoms with E-state index < -0.39 is 0 Å². The highest BCUT2D eigenvalue weighted by molar-refractivity contribution is 7.99. The number of aryl methyl sites for hydroxylation is 1. The number of carbonyl (C=O) groups is 4. The maximum atomic E-state index is 12.4. The third-order valence-electron chi connectivity index (χ3n) is 11.3. The molecule has 76 heavy (non-hydrogen) atoms. The lowest BCUT2D eigenvalue weighted by Crippen LogP contribution is -2.25. The summed E-state index contributed by atoms with van der Waals surface area (Å²) in [6.45, 7) is 5.88. The summed E-state index contributed by atoms with van der Waals surface area (Å²) in [6.07, 6.45) is 11.9. The van der Waals surface area contributed by atoms with Crippen LogP contribution in [0.25, 0.3) is 33.1 Å². The number of rotatable bonds is 16. The smallest absolute Gasteiger partial charge is 0.276 e. The minimum absolute atomic E-state index is 0.00992. The van der Waals surface area contributed by atoms with Gasteiger partial charge in [-0.1, -0.05) is 42.5 Å². The van der Waals surface area contributed by atoms with Gasteiger partial charge in [0.1, 0.15) is 34.1 Å². The third kappa shape index (κ3) is 13.7. The monoisotopic (exact) mass is 1070 g/mol. The van der Waals surface area contributed by atoms with Crippen molar-refractivity contribution in [3.8, 4) is 0 Å². The molecular formula is C51H48N18O4S3. The number of nitrogens with zero attached hydrogens (tertiary/aromatic N) is 11. The molecule has 11 rings (SSSR count). The van der Waals surface area contributed by atoms with Gasteiger partial charge >= 0.3 is 0 Å². The predicted molar refractivity (Wildman–Crippen MR) is 292 cm³/mol. The Morgan fingerprint density at radius 2 is 1.11 bits per heavy atom. The normalized spacial score (nSPS) is 12.9. The second-order valence-electron chi connectivity index (χ2n) is 17.0. The summed E-state index contributed by atoms with van der Waals surface area (Å²) in [5, 5.41) is 41.1. The van der Waals surface area contributed by atoms with Gasteiger partial charge < -0.3 is 20.9 Å². The van der Waals surface area contributed by atoms with Crippen LogP contribution in [0, 0.1) is 12.8 Å². The first-order chi connectivity index (χ1) is 37.0. The van der Waals surface area contributed by atoms with Gasteiger partial charge in [0.25, 0.3) is 5.91 Å². The van der Waals surface area contributed by atoms with Gasteiger partial charge in [-0.15, -0.1) is 41.9 Å². The molecule has 0 radical (unpaired) electrons. The summed E-state index contributed by atoms with van der Waals surface area (Å²) in [4.78, 5) is 74.7. The molecule has 3 aromatic carbocycles. The van der Waals surface area contributed by atoms with E-state index in [0.717, 1.165) is 87.7 Å². The molecule has 0 spiro atoms. The van der Waals surface area contributed by atoms with E-state index in [2.05, 4.69) is 93.2 Å². The van der Waals surface area contributed by atoms with Gasteiger partial charge in [-0.3, -0.25) is 39.6 Å². The Morgan fingerprint density at radius 3 is 1.53 bits per heavy atom. The number of fused-ring (bicyclic) bond motifs is 3. The van der Waals surface area contributed by atoms with Crippen LogP contribution in [0.15, 0.2) is 144 Å². The molecule has 22 nitrogen and oxygen atoms in total. The van der Waals surface area contributed by atoms with Crippen LogP contribution in [0.1, 0.15) is 45.7 Å². The molecule has 1 unspecified atom stereocenters. The maximum absolute atomic E-state index is 12.4. The Bertz CT molecular complexity index is 3670. The van der Waals surface area contributed by atoms with Crippen LogP contribution < -0.4 is 16.0 Å². The van der Waals surface area contributed by atoms with Gasteiger partial charge in [0, 0.05) is 66.4 Å². The first-order valence-electron chi connectivity index (χ1n) is 23.4. The molecule has 1 saturated heterocycles. The number of hydrogen-bond acceptors (Lipinski definition) is 17. The summed E-state index contributed by atoms with van der Waals surface area (Å²) in [7, 11) is 1.72. The van der Waals surface area contributed by atoms with Crippen LogP contribution in [0.4, 0.5) is 17.1 Å². The zero-order chi connectivity index (χ0) is 52.8. The van der Waals surface area contributed by atoms with Crippen molar-refractivity contribution in [2.75, 3.05) is 29.5 Å². The Labute approximate surface area is 446 Å². The number of benzene rings is 3. The van der Waals surface area contributed by atoms with Gasteiger partial charge in [0.2, 0.25) is 17.7 Å². The highest BCUT2D eigenvalue weighted by Gasteiger charge is 2.32. The van der Waals surface area contributed by atoms with E-state index in [1.165, 1.54) is 19.0 Å². The molecule has 7 N–H and O–H groups in total. The van der Waals surface area contributed by atoms with Crippen molar-refractivity contribution in [3.05, 3.63) is 157 Å². The largest absolute Gasteiger partial charge is 0.345 e. The van der Waals surface area contributed by atoms with Gasteiger partial charge in [-0.25, -0.2) is 29.9 Å². The van der Waals surface area contributed by atoms with Crippen LogP contribution in [0.5, 0.6) is 0 Å². The summed E-state index contributed by atoms with van der Waals surface area (Å²) < 4.78 is 0. The summed E-state index contributed by atoms with van der Waals surface area (Å²) in [5.74, 6) is 1.44. The van der Waals surface area contributed by atoms with Crippen LogP contribution in [-0.4, -0.2) is 113 Å². The van der Waals surface area contributed by atoms with E-state index in [1.807, 2.05) is 79.7 Å². The molecule has 1 aliphatic rings. The lowest BCUT2D eigenvalue weighted by Gasteiger charge is -2.12. The molecule has 1 fully saturated rings. The van der Waals surface area contributed by atoms with Crippen molar-refractivity contribution < 1.29 is 19.2 Å². The third-order valence-corrected chi connectivity index (χ3v) is 14.6. The lowest BCUT2D eigenvalue weighted by atomic mass is 10.1. The highest BCUT2D eigenvalue weighted by Crippen LogP contribution is 2.30. The van der Waals surface area contributed by atoms with E-state index in [1.54, 1.807) is 78.0 Å². The maximum Gasteiger partial charge on any atom is 0.276 e. The molecule has 384 valence electrons. The zero-order valence-electron chi connectivity index (χ0n) is 40.9. The fraction of sp³-hybridized carbons (Fsp3) is 0.176. The Hall–Kier alpha value is -8.81. The van der Waals surface area contributed by atoms with Crippen molar-refractivity contribution >= 4 is 109 Å². The zero-order valence-corrected chi connectivity index (χ0v) is 43.3. The molecule has 1 aliphatic heterocycles. The van der Waals surface area contributed by atoms with Gasteiger partial charge in [-0.2, -0.15) is 20.4 Å². The molecule has 0 aliphatic carbocycles. The molecule has 4 amide bonds. The minimum Gasteiger partial charge on any atom is -0.345 e. The molecule has 8 heterocycles. The topological polar surface area (TPSA) is 300 Å². The fourth-order valence-electron chi connectivity index (χ4n) is 7.60. The van der Waals surface area contributed by atoms with Gasteiger partial charge in [0.05, 0.1) is 40.7 Å². The number of likely N-dealkylation sites (tertiary alicyclic amines) is 1. The number of H-pyrrole nitrogens is 4.